The molecule has 24 heavy (non-hydrogen) atoms. The van der Waals surface area contributed by atoms with Crippen LogP contribution in [0.2, 0.25) is 0 Å². The van der Waals surface area contributed by atoms with Crippen molar-refractivity contribution < 1.29 is 4.79 Å². The van der Waals surface area contributed by atoms with Gasteiger partial charge in [-0.05, 0) is 22.4 Å². The second-order valence-corrected chi connectivity index (χ2v) is 7.60. The molecule has 7 heteroatoms. The first-order valence-corrected chi connectivity index (χ1v) is 9.66. The number of aromatic nitrogens is 3. The maximum atomic E-state index is 12.5. The van der Waals surface area contributed by atoms with Gasteiger partial charge in [0.2, 0.25) is 5.91 Å². The summed E-state index contributed by atoms with van der Waals surface area (Å²) in [7, 11) is 0. The van der Waals surface area contributed by atoms with E-state index in [0.717, 1.165) is 17.3 Å². The van der Waals surface area contributed by atoms with Crippen molar-refractivity contribution >= 4 is 28.6 Å². The van der Waals surface area contributed by atoms with Gasteiger partial charge in [-0.1, -0.05) is 13.8 Å². The fraction of sp³-hybridized carbons (Fsp3) is 0.353. The highest BCUT2D eigenvalue weighted by Gasteiger charge is 2.19. The van der Waals surface area contributed by atoms with Crippen LogP contribution in [0.3, 0.4) is 0 Å². The van der Waals surface area contributed by atoms with E-state index in [-0.39, 0.29) is 24.4 Å². The molecule has 0 aliphatic heterocycles. The number of imidazole rings is 1. The number of nitrogens with one attached hydrogen (secondary N) is 1. The van der Waals surface area contributed by atoms with Gasteiger partial charge in [-0.25, -0.2) is 9.97 Å². The minimum atomic E-state index is -0.0990. The number of carbonyl (C=O) groups is 1. The molecule has 3 heterocycles. The van der Waals surface area contributed by atoms with Crippen LogP contribution >= 0.6 is 22.7 Å². The Morgan fingerprint density at radius 1 is 1.29 bits per heavy atom. The largest absolute Gasteiger partial charge is 0.345 e. The maximum Gasteiger partial charge on any atom is 0.240 e. The lowest BCUT2D eigenvalue weighted by Gasteiger charge is -2.17. The highest BCUT2D eigenvalue weighted by molar-refractivity contribution is 7.09. The summed E-state index contributed by atoms with van der Waals surface area (Å²) in [5, 5.41) is 10.2. The van der Waals surface area contributed by atoms with E-state index in [9.17, 15) is 4.79 Å². The van der Waals surface area contributed by atoms with Crippen LogP contribution in [-0.2, 0) is 17.8 Å². The smallest absolute Gasteiger partial charge is 0.240 e. The minimum absolute atomic E-state index is 0.0228. The highest BCUT2D eigenvalue weighted by atomic mass is 32.1. The van der Waals surface area contributed by atoms with Crippen molar-refractivity contribution in [3.8, 4) is 0 Å². The fourth-order valence-corrected chi connectivity index (χ4v) is 3.97. The van der Waals surface area contributed by atoms with Gasteiger partial charge in [-0.2, -0.15) is 11.3 Å². The number of rotatable bonds is 7. The van der Waals surface area contributed by atoms with Crippen molar-refractivity contribution in [2.75, 3.05) is 0 Å². The predicted molar refractivity (Wildman–Crippen MR) is 97.3 cm³/mol. The first kappa shape index (κ1) is 16.9. The maximum absolute atomic E-state index is 12.5. The van der Waals surface area contributed by atoms with Gasteiger partial charge < -0.3 is 9.88 Å². The molecule has 0 spiro atoms. The molecule has 1 atom stereocenters. The van der Waals surface area contributed by atoms with Crippen LogP contribution in [0.25, 0.3) is 0 Å². The molecule has 3 aromatic rings. The molecule has 0 saturated carbocycles. The Hall–Kier alpha value is -1.99. The second kappa shape index (κ2) is 7.72. The first-order valence-electron chi connectivity index (χ1n) is 7.84. The van der Waals surface area contributed by atoms with Crippen LogP contribution < -0.4 is 5.32 Å². The summed E-state index contributed by atoms with van der Waals surface area (Å²) in [5.74, 6) is 1.19. The molecule has 0 aliphatic carbocycles. The number of hydrogen-bond acceptors (Lipinski definition) is 5. The summed E-state index contributed by atoms with van der Waals surface area (Å²) < 4.78 is 1.91. The molecule has 0 aromatic carbocycles. The van der Waals surface area contributed by atoms with Gasteiger partial charge in [-0.15, -0.1) is 11.3 Å². The topological polar surface area (TPSA) is 59.8 Å². The average molecular weight is 361 g/mol. The molecule has 0 radical (unpaired) electrons. The van der Waals surface area contributed by atoms with Crippen LogP contribution in [-0.4, -0.2) is 20.4 Å². The molecular formula is C17H20N4OS2. The zero-order chi connectivity index (χ0) is 16.9. The second-order valence-electron chi connectivity index (χ2n) is 5.89. The SMILES string of the molecule is CC(C)c1nccn1CC(=O)NC(Cc1ccsc1)c1nccs1. The van der Waals surface area contributed by atoms with E-state index in [1.807, 2.05) is 16.1 Å². The lowest BCUT2D eigenvalue weighted by molar-refractivity contribution is -0.122. The molecule has 1 amide bonds. The number of carbonyl (C=O) groups excluding carboxylic acids is 1. The quantitative estimate of drug-likeness (QED) is 0.700. The number of amides is 1. The molecule has 0 saturated heterocycles. The first-order chi connectivity index (χ1) is 11.6. The lowest BCUT2D eigenvalue weighted by atomic mass is 10.1. The third-order valence-electron chi connectivity index (χ3n) is 3.68. The van der Waals surface area contributed by atoms with Crippen molar-refractivity contribution in [1.82, 2.24) is 19.9 Å². The fourth-order valence-electron chi connectivity index (χ4n) is 2.60. The van der Waals surface area contributed by atoms with E-state index in [1.54, 1.807) is 35.1 Å². The zero-order valence-corrected chi connectivity index (χ0v) is 15.3. The van der Waals surface area contributed by atoms with E-state index in [0.29, 0.717) is 0 Å². The Balaban J connectivity index is 1.70. The molecular weight excluding hydrogens is 340 g/mol. The van der Waals surface area contributed by atoms with Crippen LogP contribution in [0.4, 0.5) is 0 Å². The molecule has 5 nitrogen and oxygen atoms in total. The standard InChI is InChI=1S/C17H20N4OS2/c1-12(2)16-18-4-6-21(16)10-15(22)20-14(17-19-5-8-24-17)9-13-3-7-23-11-13/h3-8,11-12,14H,9-10H2,1-2H3,(H,20,22). The number of thiazole rings is 1. The number of thiophene rings is 1. The summed E-state index contributed by atoms with van der Waals surface area (Å²) in [6.07, 6.45) is 6.13. The van der Waals surface area contributed by atoms with Crippen LogP contribution in [0.1, 0.15) is 42.2 Å². The highest BCUT2D eigenvalue weighted by Crippen LogP contribution is 2.22. The molecule has 3 rings (SSSR count). The van der Waals surface area contributed by atoms with Crippen molar-refractivity contribution in [3.05, 3.63) is 57.2 Å². The Labute approximate surface area is 149 Å². The minimum Gasteiger partial charge on any atom is -0.345 e. The summed E-state index contributed by atoms with van der Waals surface area (Å²) in [6, 6.07) is 1.99. The molecule has 1 unspecified atom stereocenters. The lowest BCUT2D eigenvalue weighted by Crippen LogP contribution is -2.33. The predicted octanol–water partition coefficient (Wildman–Crippen LogP) is 3.62. The van der Waals surface area contributed by atoms with Gasteiger partial charge in [0.05, 0.1) is 6.04 Å². The van der Waals surface area contributed by atoms with Crippen molar-refractivity contribution in [2.45, 2.75) is 38.8 Å². The van der Waals surface area contributed by atoms with Crippen molar-refractivity contribution in [2.24, 2.45) is 0 Å². The third kappa shape index (κ3) is 4.10. The van der Waals surface area contributed by atoms with E-state index >= 15 is 0 Å². The van der Waals surface area contributed by atoms with E-state index in [2.05, 4.69) is 46.0 Å². The molecule has 1 N–H and O–H groups in total. The molecule has 0 fully saturated rings. The van der Waals surface area contributed by atoms with Crippen LogP contribution in [0.5, 0.6) is 0 Å². The van der Waals surface area contributed by atoms with Gasteiger partial charge >= 0.3 is 0 Å². The zero-order valence-electron chi connectivity index (χ0n) is 13.7. The van der Waals surface area contributed by atoms with Crippen LogP contribution in [0.15, 0.2) is 40.8 Å². The monoisotopic (exact) mass is 360 g/mol. The average Bonchev–Trinajstić information content (AvgIpc) is 3.29. The third-order valence-corrected chi connectivity index (χ3v) is 5.30. The summed E-state index contributed by atoms with van der Waals surface area (Å²) in [6.45, 7) is 4.43. The van der Waals surface area contributed by atoms with Crippen molar-refractivity contribution in [3.63, 3.8) is 0 Å². The van der Waals surface area contributed by atoms with Crippen LogP contribution in [0, 0.1) is 0 Å². The number of hydrogen-bond donors (Lipinski definition) is 1. The van der Waals surface area contributed by atoms with E-state index < -0.39 is 0 Å². The Morgan fingerprint density at radius 3 is 2.83 bits per heavy atom. The van der Waals surface area contributed by atoms with E-state index in [4.69, 9.17) is 0 Å². The van der Waals surface area contributed by atoms with Gasteiger partial charge in [-0.3, -0.25) is 4.79 Å². The van der Waals surface area contributed by atoms with Crippen molar-refractivity contribution in [1.29, 1.82) is 0 Å². The van der Waals surface area contributed by atoms with Gasteiger partial charge in [0, 0.05) is 36.3 Å². The molecule has 126 valence electrons. The van der Waals surface area contributed by atoms with Gasteiger partial charge in [0.1, 0.15) is 17.4 Å². The molecule has 3 aromatic heterocycles. The Bertz CT molecular complexity index is 762. The Kier molecular flexibility index (Phi) is 5.42. The summed E-state index contributed by atoms with van der Waals surface area (Å²) in [4.78, 5) is 21.3. The molecule has 0 aliphatic rings. The van der Waals surface area contributed by atoms with Gasteiger partial charge in [0.25, 0.3) is 0 Å². The normalized spacial score (nSPS) is 12.5. The summed E-state index contributed by atoms with van der Waals surface area (Å²) >= 11 is 3.23. The number of nitrogens with zero attached hydrogens (tertiary/aromatic N) is 3. The summed E-state index contributed by atoms with van der Waals surface area (Å²) in [5.41, 5.74) is 1.21. The van der Waals surface area contributed by atoms with Gasteiger partial charge in [0.15, 0.2) is 0 Å². The van der Waals surface area contributed by atoms with E-state index in [1.165, 1.54) is 5.56 Å². The Morgan fingerprint density at radius 2 is 2.17 bits per heavy atom. The molecule has 0 bridgehead atoms.